The van der Waals surface area contributed by atoms with Crippen LogP contribution in [-0.4, -0.2) is 25.7 Å². The molecule has 0 aliphatic carbocycles. The Kier molecular flexibility index (Phi) is 4.15. The summed E-state index contributed by atoms with van der Waals surface area (Å²) in [6.45, 7) is 3.28. The molecule has 1 N–H and O–H groups in total. The van der Waals surface area contributed by atoms with Crippen molar-refractivity contribution in [3.8, 4) is 0 Å². The average molecular weight is 292 g/mol. The molecule has 0 aliphatic rings. The molecule has 106 valence electrons. The molecular weight excluding hydrogens is 276 g/mol. The van der Waals surface area contributed by atoms with E-state index in [1.54, 1.807) is 44.4 Å². The number of nitrogens with one attached hydrogen (secondary N) is 1. The van der Waals surface area contributed by atoms with E-state index < -0.39 is 10.0 Å². The molecule has 0 spiro atoms. The Labute approximate surface area is 118 Å². The fourth-order valence-electron chi connectivity index (χ4n) is 1.78. The van der Waals surface area contributed by atoms with Gasteiger partial charge in [0.2, 0.25) is 10.0 Å². The minimum Gasteiger partial charge on any atom is -0.298 e. The van der Waals surface area contributed by atoms with E-state index >= 15 is 0 Å². The number of hydrogen-bond donors (Lipinski definition) is 1. The number of aromatic nitrogens is 1. The Balaban J connectivity index is 2.35. The first-order valence-electron chi connectivity index (χ1n) is 6.27. The number of hydrogen-bond acceptors (Lipinski definition) is 4. The van der Waals surface area contributed by atoms with Gasteiger partial charge in [-0.15, -0.1) is 0 Å². The number of ketones is 1. The summed E-state index contributed by atoms with van der Waals surface area (Å²) in [6.07, 6.45) is 3.15. The van der Waals surface area contributed by atoms with Gasteiger partial charge in [-0.05, 0) is 12.1 Å². The van der Waals surface area contributed by atoms with E-state index in [9.17, 15) is 13.2 Å². The van der Waals surface area contributed by atoms with Gasteiger partial charge in [-0.2, -0.15) is 0 Å². The topological polar surface area (TPSA) is 76.1 Å². The van der Waals surface area contributed by atoms with Gasteiger partial charge in [-0.3, -0.25) is 9.78 Å². The lowest BCUT2D eigenvalue weighted by Crippen LogP contribution is -2.31. The maximum absolute atomic E-state index is 12.3. The zero-order chi connectivity index (χ0) is 14.8. The minimum atomic E-state index is -3.71. The molecule has 0 unspecified atom stereocenters. The first kappa shape index (κ1) is 14.6. The van der Waals surface area contributed by atoms with Crippen molar-refractivity contribution in [3.63, 3.8) is 0 Å². The van der Waals surface area contributed by atoms with Crippen molar-refractivity contribution >= 4 is 26.6 Å². The average Bonchev–Trinajstić information content (AvgIpc) is 2.44. The van der Waals surface area contributed by atoms with E-state index in [1.165, 1.54) is 6.07 Å². The largest absolute Gasteiger partial charge is 0.298 e. The van der Waals surface area contributed by atoms with Crippen molar-refractivity contribution in [3.05, 3.63) is 36.7 Å². The van der Waals surface area contributed by atoms with E-state index in [2.05, 4.69) is 9.71 Å². The summed E-state index contributed by atoms with van der Waals surface area (Å²) in [6, 6.07) is 6.61. The van der Waals surface area contributed by atoms with Crippen molar-refractivity contribution in [1.29, 1.82) is 0 Å². The Bertz CT molecular complexity index is 734. The quantitative estimate of drug-likeness (QED) is 0.910. The summed E-state index contributed by atoms with van der Waals surface area (Å²) in [4.78, 5) is 15.7. The van der Waals surface area contributed by atoms with Gasteiger partial charge < -0.3 is 0 Å². The molecule has 0 radical (unpaired) electrons. The second kappa shape index (κ2) is 5.68. The number of carbonyl (C=O) groups is 1. The highest BCUT2D eigenvalue weighted by Crippen LogP contribution is 2.21. The fourth-order valence-corrected chi connectivity index (χ4v) is 3.00. The van der Waals surface area contributed by atoms with Gasteiger partial charge in [-0.25, -0.2) is 13.1 Å². The third-order valence-electron chi connectivity index (χ3n) is 3.01. The predicted octanol–water partition coefficient (Wildman–Crippen LogP) is 1.74. The molecule has 5 nitrogen and oxygen atoms in total. The number of carbonyl (C=O) groups excluding carboxylic acids is 1. The maximum atomic E-state index is 12.3. The smallest absolute Gasteiger partial charge is 0.241 e. The third kappa shape index (κ3) is 3.02. The van der Waals surface area contributed by atoms with Crippen molar-refractivity contribution in [2.24, 2.45) is 5.92 Å². The second-order valence-corrected chi connectivity index (χ2v) is 6.53. The number of sulfonamides is 1. The molecule has 0 amide bonds. The summed E-state index contributed by atoms with van der Waals surface area (Å²) in [5.74, 6) is -0.343. The van der Waals surface area contributed by atoms with Crippen LogP contribution in [0.2, 0.25) is 0 Å². The Morgan fingerprint density at radius 1 is 1.30 bits per heavy atom. The molecule has 0 saturated carbocycles. The highest BCUT2D eigenvalue weighted by Gasteiger charge is 2.19. The molecule has 2 rings (SSSR count). The van der Waals surface area contributed by atoms with Crippen molar-refractivity contribution in [2.45, 2.75) is 18.7 Å². The molecule has 6 heteroatoms. The van der Waals surface area contributed by atoms with Crippen LogP contribution in [0.1, 0.15) is 13.8 Å². The standard InChI is InChI=1S/C14H16N2O3S/c1-10(2)13(17)9-16-20(18,19)14-5-3-4-11-8-15-7-6-12(11)14/h3-8,10,16H,9H2,1-2H3. The van der Waals surface area contributed by atoms with Gasteiger partial charge >= 0.3 is 0 Å². The van der Waals surface area contributed by atoms with Crippen LogP contribution in [0, 0.1) is 5.92 Å². The molecular formula is C14H16N2O3S. The van der Waals surface area contributed by atoms with E-state index in [0.717, 1.165) is 5.39 Å². The molecule has 0 fully saturated rings. The van der Waals surface area contributed by atoms with Crippen LogP contribution in [0.5, 0.6) is 0 Å². The Hall–Kier alpha value is -1.79. The zero-order valence-corrected chi connectivity index (χ0v) is 12.1. The van der Waals surface area contributed by atoms with E-state index in [0.29, 0.717) is 5.39 Å². The van der Waals surface area contributed by atoms with Gasteiger partial charge in [0, 0.05) is 29.1 Å². The number of pyridine rings is 1. The van der Waals surface area contributed by atoms with Crippen LogP contribution in [0.3, 0.4) is 0 Å². The number of nitrogens with zero attached hydrogens (tertiary/aromatic N) is 1. The third-order valence-corrected chi connectivity index (χ3v) is 4.47. The van der Waals surface area contributed by atoms with Gasteiger partial charge in [0.15, 0.2) is 0 Å². The molecule has 1 aromatic heterocycles. The van der Waals surface area contributed by atoms with Crippen LogP contribution in [0.25, 0.3) is 10.8 Å². The lowest BCUT2D eigenvalue weighted by atomic mass is 10.1. The van der Waals surface area contributed by atoms with Crippen molar-refractivity contribution in [2.75, 3.05) is 6.54 Å². The predicted molar refractivity (Wildman–Crippen MR) is 76.8 cm³/mol. The van der Waals surface area contributed by atoms with Crippen molar-refractivity contribution < 1.29 is 13.2 Å². The van der Waals surface area contributed by atoms with Crippen LogP contribution >= 0.6 is 0 Å². The molecule has 0 saturated heterocycles. The summed E-state index contributed by atoms with van der Waals surface area (Å²) in [5, 5.41) is 1.33. The first-order valence-corrected chi connectivity index (χ1v) is 7.75. The van der Waals surface area contributed by atoms with Gasteiger partial charge in [0.25, 0.3) is 0 Å². The van der Waals surface area contributed by atoms with Crippen LogP contribution in [-0.2, 0) is 14.8 Å². The van der Waals surface area contributed by atoms with Gasteiger partial charge in [0.1, 0.15) is 5.78 Å². The first-order chi connectivity index (χ1) is 9.42. The number of rotatable bonds is 5. The van der Waals surface area contributed by atoms with E-state index in [-0.39, 0.29) is 23.1 Å². The normalized spacial score (nSPS) is 11.9. The highest BCUT2D eigenvalue weighted by atomic mass is 32.2. The number of fused-ring (bicyclic) bond motifs is 1. The van der Waals surface area contributed by atoms with Gasteiger partial charge in [0.05, 0.1) is 11.4 Å². The minimum absolute atomic E-state index is 0.143. The molecule has 0 atom stereocenters. The number of benzene rings is 1. The molecule has 0 bridgehead atoms. The molecule has 2 aromatic rings. The van der Waals surface area contributed by atoms with Crippen LogP contribution in [0.15, 0.2) is 41.6 Å². The lowest BCUT2D eigenvalue weighted by Gasteiger charge is -2.10. The Morgan fingerprint density at radius 2 is 2.05 bits per heavy atom. The lowest BCUT2D eigenvalue weighted by molar-refractivity contribution is -0.120. The summed E-state index contributed by atoms with van der Waals surface area (Å²) in [7, 11) is -3.71. The SMILES string of the molecule is CC(C)C(=O)CNS(=O)(=O)c1cccc2cnccc12. The molecule has 1 heterocycles. The van der Waals surface area contributed by atoms with E-state index in [4.69, 9.17) is 0 Å². The fraction of sp³-hybridized carbons (Fsp3) is 0.286. The summed E-state index contributed by atoms with van der Waals surface area (Å²) in [5.41, 5.74) is 0. The highest BCUT2D eigenvalue weighted by molar-refractivity contribution is 7.89. The van der Waals surface area contributed by atoms with E-state index in [1.807, 2.05) is 0 Å². The van der Waals surface area contributed by atoms with Crippen LogP contribution in [0.4, 0.5) is 0 Å². The molecule has 1 aromatic carbocycles. The maximum Gasteiger partial charge on any atom is 0.241 e. The summed E-state index contributed by atoms with van der Waals surface area (Å²) < 4.78 is 26.9. The second-order valence-electron chi connectivity index (χ2n) is 4.80. The monoisotopic (exact) mass is 292 g/mol. The Morgan fingerprint density at radius 3 is 2.75 bits per heavy atom. The number of Topliss-reactive ketones (excluding diaryl/α,β-unsaturated/α-hetero) is 1. The molecule has 0 aliphatic heterocycles. The molecule has 20 heavy (non-hydrogen) atoms. The summed E-state index contributed by atoms with van der Waals surface area (Å²) >= 11 is 0. The zero-order valence-electron chi connectivity index (χ0n) is 11.3. The van der Waals surface area contributed by atoms with Crippen molar-refractivity contribution in [1.82, 2.24) is 9.71 Å². The van der Waals surface area contributed by atoms with Crippen LogP contribution < -0.4 is 4.72 Å². The van der Waals surface area contributed by atoms with Gasteiger partial charge in [-0.1, -0.05) is 26.0 Å².